The standard InChI is InChI=1S/C18H28N2O3/c1-18(2,3)23-17(21)19-16-9-10-20(13-16)11-12-22-14-15-7-5-4-6-8-15/h4-8,16H,9-14H2,1-3H3,(H,19,21). The second-order valence-electron chi connectivity index (χ2n) is 6.97. The van der Waals surface area contributed by atoms with Gasteiger partial charge in [0, 0.05) is 25.7 Å². The number of hydrogen-bond donors (Lipinski definition) is 1. The molecule has 1 atom stereocenters. The summed E-state index contributed by atoms with van der Waals surface area (Å²) < 4.78 is 11.0. The van der Waals surface area contributed by atoms with Crippen molar-refractivity contribution in [2.45, 2.75) is 45.4 Å². The first kappa shape index (κ1) is 17.8. The SMILES string of the molecule is CC(C)(C)OC(=O)NC1CCN(CCOCc2ccccc2)C1. The Kier molecular flexibility index (Phi) is 6.42. The minimum absolute atomic E-state index is 0.166. The van der Waals surface area contributed by atoms with E-state index < -0.39 is 5.60 Å². The maximum absolute atomic E-state index is 11.8. The van der Waals surface area contributed by atoms with Gasteiger partial charge in [-0.05, 0) is 32.8 Å². The molecule has 1 aliphatic heterocycles. The van der Waals surface area contributed by atoms with Crippen molar-refractivity contribution in [2.24, 2.45) is 0 Å². The summed E-state index contributed by atoms with van der Waals surface area (Å²) in [4.78, 5) is 14.1. The van der Waals surface area contributed by atoms with Gasteiger partial charge in [0.2, 0.25) is 0 Å². The van der Waals surface area contributed by atoms with Crippen LogP contribution < -0.4 is 5.32 Å². The Morgan fingerprint density at radius 1 is 1.30 bits per heavy atom. The second kappa shape index (κ2) is 8.31. The van der Waals surface area contributed by atoms with Gasteiger partial charge >= 0.3 is 6.09 Å². The van der Waals surface area contributed by atoms with Crippen molar-refractivity contribution in [2.75, 3.05) is 26.2 Å². The predicted molar refractivity (Wildman–Crippen MR) is 90.3 cm³/mol. The number of nitrogens with one attached hydrogen (secondary N) is 1. The van der Waals surface area contributed by atoms with E-state index in [4.69, 9.17) is 9.47 Å². The molecule has 0 bridgehead atoms. The smallest absolute Gasteiger partial charge is 0.407 e. The maximum atomic E-state index is 11.8. The molecular formula is C18H28N2O3. The molecule has 1 saturated heterocycles. The van der Waals surface area contributed by atoms with Crippen molar-refractivity contribution in [3.8, 4) is 0 Å². The Balaban J connectivity index is 1.59. The molecule has 1 fully saturated rings. The fourth-order valence-electron chi connectivity index (χ4n) is 2.59. The van der Waals surface area contributed by atoms with Gasteiger partial charge in [-0.1, -0.05) is 30.3 Å². The van der Waals surface area contributed by atoms with Crippen LogP contribution in [0.5, 0.6) is 0 Å². The predicted octanol–water partition coefficient (Wildman–Crippen LogP) is 2.80. The lowest BCUT2D eigenvalue weighted by atomic mass is 10.2. The summed E-state index contributed by atoms with van der Waals surface area (Å²) in [7, 11) is 0. The molecule has 0 saturated carbocycles. The first-order chi connectivity index (χ1) is 10.9. The number of carbonyl (C=O) groups is 1. The Labute approximate surface area is 139 Å². The third kappa shape index (κ3) is 7.01. The van der Waals surface area contributed by atoms with Crippen molar-refractivity contribution in [1.82, 2.24) is 10.2 Å². The van der Waals surface area contributed by atoms with Gasteiger partial charge in [-0.2, -0.15) is 0 Å². The number of carbonyl (C=O) groups excluding carboxylic acids is 1. The van der Waals surface area contributed by atoms with Crippen LogP contribution in [0.15, 0.2) is 30.3 Å². The average molecular weight is 320 g/mol. The number of benzene rings is 1. The van der Waals surface area contributed by atoms with Crippen molar-refractivity contribution in [3.05, 3.63) is 35.9 Å². The van der Waals surface area contributed by atoms with Gasteiger partial charge < -0.3 is 14.8 Å². The first-order valence-corrected chi connectivity index (χ1v) is 8.26. The Morgan fingerprint density at radius 3 is 2.74 bits per heavy atom. The van der Waals surface area contributed by atoms with E-state index in [1.165, 1.54) is 5.56 Å². The van der Waals surface area contributed by atoms with Crippen LogP contribution in [0.4, 0.5) is 4.79 Å². The van der Waals surface area contributed by atoms with Crippen molar-refractivity contribution in [3.63, 3.8) is 0 Å². The highest BCUT2D eigenvalue weighted by Gasteiger charge is 2.25. The van der Waals surface area contributed by atoms with Gasteiger partial charge in [-0.25, -0.2) is 4.79 Å². The third-order valence-corrected chi connectivity index (χ3v) is 3.66. The van der Waals surface area contributed by atoms with Gasteiger partial charge in [0.15, 0.2) is 0 Å². The first-order valence-electron chi connectivity index (χ1n) is 8.26. The monoisotopic (exact) mass is 320 g/mol. The third-order valence-electron chi connectivity index (χ3n) is 3.66. The maximum Gasteiger partial charge on any atom is 0.407 e. The molecule has 128 valence electrons. The molecule has 5 heteroatoms. The van der Waals surface area contributed by atoms with Gasteiger partial charge in [-0.3, -0.25) is 4.90 Å². The van der Waals surface area contributed by atoms with Crippen LogP contribution in [0.3, 0.4) is 0 Å². The average Bonchev–Trinajstić information content (AvgIpc) is 2.90. The number of amides is 1. The zero-order chi connectivity index (χ0) is 16.7. The molecule has 1 aliphatic rings. The lowest BCUT2D eigenvalue weighted by Gasteiger charge is -2.22. The van der Waals surface area contributed by atoms with Crippen molar-refractivity contribution >= 4 is 6.09 Å². The molecule has 2 rings (SSSR count). The minimum atomic E-state index is -0.451. The van der Waals surface area contributed by atoms with Crippen molar-refractivity contribution < 1.29 is 14.3 Å². The fourth-order valence-corrected chi connectivity index (χ4v) is 2.59. The molecule has 0 aromatic heterocycles. The van der Waals surface area contributed by atoms with Crippen LogP contribution in [0.1, 0.15) is 32.8 Å². The molecule has 1 amide bonds. The zero-order valence-electron chi connectivity index (χ0n) is 14.4. The topological polar surface area (TPSA) is 50.8 Å². The van der Waals surface area contributed by atoms with Gasteiger partial charge in [-0.15, -0.1) is 0 Å². The highest BCUT2D eigenvalue weighted by atomic mass is 16.6. The molecule has 5 nitrogen and oxygen atoms in total. The van der Waals surface area contributed by atoms with E-state index in [1.807, 2.05) is 39.0 Å². The number of hydrogen-bond acceptors (Lipinski definition) is 4. The Morgan fingerprint density at radius 2 is 2.04 bits per heavy atom. The molecule has 0 spiro atoms. The number of ether oxygens (including phenoxy) is 2. The number of nitrogens with zero attached hydrogens (tertiary/aromatic N) is 1. The summed E-state index contributed by atoms with van der Waals surface area (Å²) in [5, 5.41) is 2.94. The quantitative estimate of drug-likeness (QED) is 0.819. The van der Waals surface area contributed by atoms with Crippen LogP contribution in [0.2, 0.25) is 0 Å². The van der Waals surface area contributed by atoms with E-state index in [9.17, 15) is 4.79 Å². The summed E-state index contributed by atoms with van der Waals surface area (Å²) in [6, 6.07) is 10.3. The second-order valence-corrected chi connectivity index (χ2v) is 6.97. The summed E-state index contributed by atoms with van der Waals surface area (Å²) in [6.45, 7) is 9.69. The van der Waals surface area contributed by atoms with E-state index in [0.717, 1.165) is 26.1 Å². The highest BCUT2D eigenvalue weighted by molar-refractivity contribution is 5.68. The molecule has 0 radical (unpaired) electrons. The summed E-state index contributed by atoms with van der Waals surface area (Å²) >= 11 is 0. The van der Waals surface area contributed by atoms with Crippen LogP contribution in [0, 0.1) is 0 Å². The lowest BCUT2D eigenvalue weighted by Crippen LogP contribution is -2.40. The molecule has 23 heavy (non-hydrogen) atoms. The normalized spacial score (nSPS) is 18.8. The minimum Gasteiger partial charge on any atom is -0.444 e. The van der Waals surface area contributed by atoms with E-state index in [1.54, 1.807) is 0 Å². The Bertz CT molecular complexity index is 485. The number of alkyl carbamates (subject to hydrolysis) is 1. The fraction of sp³-hybridized carbons (Fsp3) is 0.611. The van der Waals surface area contributed by atoms with Crippen LogP contribution >= 0.6 is 0 Å². The summed E-state index contributed by atoms with van der Waals surface area (Å²) in [6.07, 6.45) is 0.627. The van der Waals surface area contributed by atoms with Gasteiger partial charge in [0.05, 0.1) is 13.2 Å². The molecule has 1 heterocycles. The molecule has 0 aliphatic carbocycles. The molecule has 1 N–H and O–H groups in total. The van der Waals surface area contributed by atoms with Crippen LogP contribution in [0.25, 0.3) is 0 Å². The summed E-state index contributed by atoms with van der Waals surface area (Å²) in [5.74, 6) is 0. The van der Waals surface area contributed by atoms with Crippen molar-refractivity contribution in [1.29, 1.82) is 0 Å². The molecule has 1 aromatic rings. The van der Waals surface area contributed by atoms with Crippen LogP contribution in [-0.2, 0) is 16.1 Å². The van der Waals surface area contributed by atoms with E-state index >= 15 is 0 Å². The molecular weight excluding hydrogens is 292 g/mol. The number of rotatable bonds is 6. The van der Waals surface area contributed by atoms with Gasteiger partial charge in [0.25, 0.3) is 0 Å². The molecule has 1 aromatic carbocycles. The highest BCUT2D eigenvalue weighted by Crippen LogP contribution is 2.11. The number of likely N-dealkylation sites (tertiary alicyclic amines) is 1. The van der Waals surface area contributed by atoms with Gasteiger partial charge in [0.1, 0.15) is 5.60 Å². The zero-order valence-corrected chi connectivity index (χ0v) is 14.4. The Hall–Kier alpha value is -1.59. The molecule has 1 unspecified atom stereocenters. The van der Waals surface area contributed by atoms with E-state index in [2.05, 4.69) is 22.3 Å². The largest absolute Gasteiger partial charge is 0.444 e. The van der Waals surface area contributed by atoms with E-state index in [-0.39, 0.29) is 12.1 Å². The lowest BCUT2D eigenvalue weighted by molar-refractivity contribution is 0.0504. The van der Waals surface area contributed by atoms with E-state index in [0.29, 0.717) is 13.2 Å². The summed E-state index contributed by atoms with van der Waals surface area (Å²) in [5.41, 5.74) is 0.742. The van der Waals surface area contributed by atoms with Crippen LogP contribution in [-0.4, -0.2) is 48.9 Å².